The maximum atomic E-state index is 9.05. The van der Waals surface area contributed by atoms with E-state index >= 15 is 0 Å². The molecule has 1 unspecified atom stereocenters. The van der Waals surface area contributed by atoms with Gasteiger partial charge in [-0.3, -0.25) is 4.98 Å². The first-order valence-electron chi connectivity index (χ1n) is 7.11. The predicted octanol–water partition coefficient (Wildman–Crippen LogP) is 2.99. The first kappa shape index (κ1) is 14.7. The van der Waals surface area contributed by atoms with Gasteiger partial charge >= 0.3 is 0 Å². The van der Waals surface area contributed by atoms with Gasteiger partial charge in [-0.25, -0.2) is 0 Å². The number of nitrogens with one attached hydrogen (secondary N) is 1. The molecule has 0 saturated carbocycles. The molecular weight excluding hydrogens is 248 g/mol. The van der Waals surface area contributed by atoms with Gasteiger partial charge in [0.15, 0.2) is 0 Å². The Balaban J connectivity index is 2.03. The van der Waals surface area contributed by atoms with Crippen LogP contribution in [0.3, 0.4) is 0 Å². The zero-order valence-corrected chi connectivity index (χ0v) is 11.9. The van der Waals surface area contributed by atoms with Gasteiger partial charge in [0.1, 0.15) is 0 Å². The first-order chi connectivity index (χ1) is 9.81. The van der Waals surface area contributed by atoms with Gasteiger partial charge in [-0.15, -0.1) is 0 Å². The fourth-order valence-corrected chi connectivity index (χ4v) is 2.30. The second-order valence-electron chi connectivity index (χ2n) is 4.96. The number of aliphatic hydroxyl groups is 1. The van der Waals surface area contributed by atoms with Gasteiger partial charge in [0.05, 0.1) is 0 Å². The SMILES string of the molecule is Cc1ncccc1CNC(CCCO)c1ccccc1. The predicted molar refractivity (Wildman–Crippen MR) is 81.3 cm³/mol. The molecule has 1 heterocycles. The lowest BCUT2D eigenvalue weighted by Gasteiger charge is -2.19. The second kappa shape index (κ2) is 7.78. The molecule has 2 rings (SSSR count). The number of hydrogen-bond donors (Lipinski definition) is 2. The Morgan fingerprint density at radius 3 is 2.65 bits per heavy atom. The third kappa shape index (κ3) is 4.15. The van der Waals surface area contributed by atoms with Crippen molar-refractivity contribution in [2.24, 2.45) is 0 Å². The molecule has 0 aliphatic rings. The van der Waals surface area contributed by atoms with E-state index in [0.29, 0.717) is 0 Å². The summed E-state index contributed by atoms with van der Waals surface area (Å²) in [5.41, 5.74) is 3.55. The highest BCUT2D eigenvalue weighted by molar-refractivity contribution is 5.21. The number of nitrogens with zero attached hydrogens (tertiary/aromatic N) is 1. The van der Waals surface area contributed by atoms with Crippen LogP contribution in [0.2, 0.25) is 0 Å². The average Bonchev–Trinajstić information content (AvgIpc) is 2.50. The van der Waals surface area contributed by atoms with Crippen molar-refractivity contribution in [1.82, 2.24) is 10.3 Å². The molecule has 2 N–H and O–H groups in total. The normalized spacial score (nSPS) is 12.3. The van der Waals surface area contributed by atoms with Crippen LogP contribution in [-0.4, -0.2) is 16.7 Å². The van der Waals surface area contributed by atoms with Gasteiger partial charge in [-0.05, 0) is 37.0 Å². The Morgan fingerprint density at radius 2 is 1.95 bits per heavy atom. The Kier molecular flexibility index (Phi) is 5.71. The van der Waals surface area contributed by atoms with Crippen molar-refractivity contribution in [3.63, 3.8) is 0 Å². The third-order valence-corrected chi connectivity index (χ3v) is 3.51. The molecule has 0 aliphatic heterocycles. The molecule has 1 aromatic heterocycles. The van der Waals surface area contributed by atoms with E-state index in [4.69, 9.17) is 5.11 Å². The van der Waals surface area contributed by atoms with Crippen molar-refractivity contribution in [3.05, 3.63) is 65.5 Å². The minimum absolute atomic E-state index is 0.233. The van der Waals surface area contributed by atoms with Crippen LogP contribution in [0.5, 0.6) is 0 Å². The minimum Gasteiger partial charge on any atom is -0.396 e. The number of pyridine rings is 1. The van der Waals surface area contributed by atoms with E-state index in [-0.39, 0.29) is 12.6 Å². The average molecular weight is 270 g/mol. The molecule has 0 bridgehead atoms. The summed E-state index contributed by atoms with van der Waals surface area (Å²) in [6, 6.07) is 14.7. The van der Waals surface area contributed by atoms with Crippen LogP contribution in [0.15, 0.2) is 48.7 Å². The van der Waals surface area contributed by atoms with Gasteiger partial charge < -0.3 is 10.4 Å². The summed E-state index contributed by atoms with van der Waals surface area (Å²) in [6.45, 7) is 3.06. The Bertz CT molecular complexity index is 513. The van der Waals surface area contributed by atoms with Crippen molar-refractivity contribution in [1.29, 1.82) is 0 Å². The molecule has 3 nitrogen and oxygen atoms in total. The van der Waals surface area contributed by atoms with Crippen LogP contribution >= 0.6 is 0 Å². The number of hydrogen-bond acceptors (Lipinski definition) is 3. The summed E-state index contributed by atoms with van der Waals surface area (Å²) < 4.78 is 0. The molecule has 0 radical (unpaired) electrons. The number of benzene rings is 1. The highest BCUT2D eigenvalue weighted by Gasteiger charge is 2.10. The quantitative estimate of drug-likeness (QED) is 0.813. The standard InChI is InChI=1S/C17H22N2O/c1-14-16(9-5-11-18-14)13-19-17(10-6-12-20)15-7-3-2-4-8-15/h2-5,7-9,11,17,19-20H,6,10,12-13H2,1H3. The fraction of sp³-hybridized carbons (Fsp3) is 0.353. The van der Waals surface area contributed by atoms with Gasteiger partial charge in [0, 0.05) is 31.1 Å². The van der Waals surface area contributed by atoms with Crippen LogP contribution in [0.1, 0.15) is 35.7 Å². The van der Waals surface area contributed by atoms with Crippen LogP contribution in [0, 0.1) is 6.92 Å². The molecule has 0 spiro atoms. The summed E-state index contributed by atoms with van der Waals surface area (Å²) in [5, 5.41) is 12.6. The van der Waals surface area contributed by atoms with Gasteiger partial charge in [0.2, 0.25) is 0 Å². The summed E-state index contributed by atoms with van der Waals surface area (Å²) in [7, 11) is 0. The summed E-state index contributed by atoms with van der Waals surface area (Å²) in [5.74, 6) is 0. The summed E-state index contributed by atoms with van der Waals surface area (Å²) in [6.07, 6.45) is 3.55. The van der Waals surface area contributed by atoms with E-state index in [1.54, 1.807) is 0 Å². The van der Waals surface area contributed by atoms with Crippen LogP contribution in [0.4, 0.5) is 0 Å². The molecule has 0 fully saturated rings. The van der Waals surface area contributed by atoms with E-state index < -0.39 is 0 Å². The number of aliphatic hydroxyl groups excluding tert-OH is 1. The molecule has 3 heteroatoms. The summed E-state index contributed by atoms with van der Waals surface area (Å²) >= 11 is 0. The smallest absolute Gasteiger partial charge is 0.0431 e. The molecule has 0 saturated heterocycles. The number of aromatic nitrogens is 1. The van der Waals surface area contributed by atoms with Crippen molar-refractivity contribution in [2.75, 3.05) is 6.61 Å². The van der Waals surface area contributed by atoms with E-state index in [1.165, 1.54) is 11.1 Å². The highest BCUT2D eigenvalue weighted by atomic mass is 16.2. The largest absolute Gasteiger partial charge is 0.396 e. The zero-order valence-electron chi connectivity index (χ0n) is 11.9. The van der Waals surface area contributed by atoms with Gasteiger partial charge in [-0.2, -0.15) is 0 Å². The van der Waals surface area contributed by atoms with Crippen molar-refractivity contribution >= 4 is 0 Å². The van der Waals surface area contributed by atoms with Crippen LogP contribution in [-0.2, 0) is 6.54 Å². The van der Waals surface area contributed by atoms with E-state index in [2.05, 4.69) is 40.6 Å². The fourth-order valence-electron chi connectivity index (χ4n) is 2.30. The molecule has 20 heavy (non-hydrogen) atoms. The molecular formula is C17H22N2O. The topological polar surface area (TPSA) is 45.2 Å². The zero-order chi connectivity index (χ0) is 14.2. The summed E-state index contributed by atoms with van der Waals surface area (Å²) in [4.78, 5) is 4.31. The maximum absolute atomic E-state index is 9.05. The maximum Gasteiger partial charge on any atom is 0.0431 e. The van der Waals surface area contributed by atoms with Crippen LogP contribution < -0.4 is 5.32 Å². The Labute approximate surface area is 120 Å². The molecule has 106 valence electrons. The molecule has 0 aliphatic carbocycles. The van der Waals surface area contributed by atoms with Crippen molar-refractivity contribution < 1.29 is 5.11 Å². The van der Waals surface area contributed by atoms with E-state index in [0.717, 1.165) is 25.1 Å². The minimum atomic E-state index is 0.233. The number of rotatable bonds is 7. The van der Waals surface area contributed by atoms with E-state index in [1.807, 2.05) is 25.3 Å². The lowest BCUT2D eigenvalue weighted by atomic mass is 10.0. The first-order valence-corrected chi connectivity index (χ1v) is 7.11. The third-order valence-electron chi connectivity index (χ3n) is 3.51. The van der Waals surface area contributed by atoms with E-state index in [9.17, 15) is 0 Å². The Hall–Kier alpha value is -1.71. The van der Waals surface area contributed by atoms with Gasteiger partial charge in [0.25, 0.3) is 0 Å². The highest BCUT2D eigenvalue weighted by Crippen LogP contribution is 2.19. The lowest BCUT2D eigenvalue weighted by molar-refractivity contribution is 0.275. The monoisotopic (exact) mass is 270 g/mol. The molecule has 2 aromatic rings. The molecule has 0 amide bonds. The van der Waals surface area contributed by atoms with Crippen LogP contribution in [0.25, 0.3) is 0 Å². The second-order valence-corrected chi connectivity index (χ2v) is 4.96. The van der Waals surface area contributed by atoms with Gasteiger partial charge in [-0.1, -0.05) is 36.4 Å². The molecule has 1 atom stereocenters. The van der Waals surface area contributed by atoms with Crippen molar-refractivity contribution in [3.8, 4) is 0 Å². The Morgan fingerprint density at radius 1 is 1.15 bits per heavy atom. The van der Waals surface area contributed by atoms with Crippen molar-refractivity contribution in [2.45, 2.75) is 32.4 Å². The number of aryl methyl sites for hydroxylation is 1. The lowest BCUT2D eigenvalue weighted by Crippen LogP contribution is -2.22. The molecule has 1 aromatic carbocycles.